The van der Waals surface area contributed by atoms with Gasteiger partial charge >= 0.3 is 5.97 Å². The molecule has 1 fully saturated rings. The van der Waals surface area contributed by atoms with Crippen molar-refractivity contribution in [3.05, 3.63) is 32.7 Å². The number of carboxylic acid groups (broad SMARTS) is 1. The number of hydrogen-bond donors (Lipinski definition) is 1. The lowest BCUT2D eigenvalue weighted by molar-refractivity contribution is -0.175. The summed E-state index contributed by atoms with van der Waals surface area (Å²) in [6, 6.07) is 4.66. The van der Waals surface area contributed by atoms with Crippen LogP contribution in [0.4, 0.5) is 0 Å². The van der Waals surface area contributed by atoms with E-state index in [1.54, 1.807) is 11.0 Å². The van der Waals surface area contributed by atoms with Gasteiger partial charge in [0.25, 0.3) is 0 Å². The minimum atomic E-state index is -1.07. The van der Waals surface area contributed by atoms with Crippen LogP contribution in [0.3, 0.4) is 0 Å². The molecule has 0 aliphatic carbocycles. The van der Waals surface area contributed by atoms with Crippen molar-refractivity contribution < 1.29 is 19.4 Å². The van der Waals surface area contributed by atoms with E-state index in [-0.39, 0.29) is 18.6 Å². The van der Waals surface area contributed by atoms with Crippen LogP contribution < -0.4 is 0 Å². The van der Waals surface area contributed by atoms with Crippen LogP contribution in [0.1, 0.15) is 25.5 Å². The number of hydrogen-bond acceptors (Lipinski definition) is 3. The molecule has 0 saturated carbocycles. The van der Waals surface area contributed by atoms with Crippen LogP contribution in [0, 0.1) is 0 Å². The molecule has 0 bridgehead atoms. The Balaban J connectivity index is 2.51. The van der Waals surface area contributed by atoms with Gasteiger partial charge in [-0.05, 0) is 63.4 Å². The summed E-state index contributed by atoms with van der Waals surface area (Å²) in [5, 5.41) is 9.40. The Bertz CT molecular complexity index is 576. The molecule has 21 heavy (non-hydrogen) atoms. The molecule has 1 amide bonds. The van der Waals surface area contributed by atoms with E-state index < -0.39 is 18.1 Å². The first kappa shape index (κ1) is 16.5. The van der Waals surface area contributed by atoms with Crippen molar-refractivity contribution in [2.24, 2.45) is 0 Å². The molecule has 2 rings (SSSR count). The SMILES string of the molecule is CC(C)N1C(=O)COC(C(=O)O)C1c1ccc(Br)c(Br)c1. The zero-order valence-corrected chi connectivity index (χ0v) is 14.7. The molecule has 5 nitrogen and oxygen atoms in total. The van der Waals surface area contributed by atoms with E-state index in [1.807, 2.05) is 26.0 Å². The predicted molar refractivity (Wildman–Crippen MR) is 83.9 cm³/mol. The summed E-state index contributed by atoms with van der Waals surface area (Å²) in [5.41, 5.74) is 0.722. The monoisotopic (exact) mass is 419 g/mol. The van der Waals surface area contributed by atoms with Crippen molar-refractivity contribution in [2.45, 2.75) is 32.0 Å². The lowest BCUT2D eigenvalue weighted by Crippen LogP contribution is -2.54. The highest BCUT2D eigenvalue weighted by Gasteiger charge is 2.43. The molecule has 1 heterocycles. The molecule has 2 atom stereocenters. The summed E-state index contributed by atoms with van der Waals surface area (Å²) in [6.45, 7) is 3.52. The second-order valence-electron chi connectivity index (χ2n) is 5.08. The maximum atomic E-state index is 12.1. The fourth-order valence-electron chi connectivity index (χ4n) is 2.48. The van der Waals surface area contributed by atoms with Gasteiger partial charge in [-0.1, -0.05) is 6.07 Å². The largest absolute Gasteiger partial charge is 0.479 e. The van der Waals surface area contributed by atoms with Crippen LogP contribution >= 0.6 is 31.9 Å². The predicted octanol–water partition coefficient (Wildman–Crippen LogP) is 2.97. The molecule has 1 saturated heterocycles. The van der Waals surface area contributed by atoms with Crippen molar-refractivity contribution in [3.8, 4) is 0 Å². The van der Waals surface area contributed by atoms with Crippen LogP contribution in [-0.2, 0) is 14.3 Å². The highest BCUT2D eigenvalue weighted by Crippen LogP contribution is 2.35. The van der Waals surface area contributed by atoms with Crippen LogP contribution in [0.15, 0.2) is 27.1 Å². The molecule has 0 aromatic heterocycles. The topological polar surface area (TPSA) is 66.8 Å². The summed E-state index contributed by atoms with van der Waals surface area (Å²) >= 11 is 6.78. The van der Waals surface area contributed by atoms with Gasteiger partial charge in [-0.25, -0.2) is 4.79 Å². The Morgan fingerprint density at radius 2 is 2.05 bits per heavy atom. The van der Waals surface area contributed by atoms with Crippen LogP contribution in [0.25, 0.3) is 0 Å². The molecule has 114 valence electrons. The molecule has 2 unspecified atom stereocenters. The molecular weight excluding hydrogens is 406 g/mol. The van der Waals surface area contributed by atoms with E-state index >= 15 is 0 Å². The van der Waals surface area contributed by atoms with E-state index in [4.69, 9.17) is 4.74 Å². The molecule has 0 radical (unpaired) electrons. The zero-order valence-electron chi connectivity index (χ0n) is 11.5. The van der Waals surface area contributed by atoms with Crippen molar-refractivity contribution in [3.63, 3.8) is 0 Å². The standard InChI is InChI=1S/C14H15Br2NO4/c1-7(2)17-11(18)6-21-13(14(19)20)12(17)8-3-4-9(15)10(16)5-8/h3-5,7,12-13H,6H2,1-2H3,(H,19,20). The number of aliphatic carboxylic acids is 1. The molecule has 1 aliphatic rings. The normalized spacial score (nSPS) is 22.7. The average Bonchev–Trinajstić information content (AvgIpc) is 2.40. The molecular formula is C14H15Br2NO4. The summed E-state index contributed by atoms with van der Waals surface area (Å²) in [5.74, 6) is -1.27. The quantitative estimate of drug-likeness (QED) is 0.816. The van der Waals surface area contributed by atoms with E-state index in [0.29, 0.717) is 0 Å². The van der Waals surface area contributed by atoms with Gasteiger partial charge in [0.2, 0.25) is 5.91 Å². The fraction of sp³-hybridized carbons (Fsp3) is 0.429. The maximum absolute atomic E-state index is 12.1. The number of benzene rings is 1. The van der Waals surface area contributed by atoms with Crippen molar-refractivity contribution in [1.82, 2.24) is 4.90 Å². The lowest BCUT2D eigenvalue weighted by atomic mass is 9.96. The maximum Gasteiger partial charge on any atom is 0.335 e. The molecule has 7 heteroatoms. The number of amides is 1. The van der Waals surface area contributed by atoms with Crippen LogP contribution in [0.2, 0.25) is 0 Å². The average molecular weight is 421 g/mol. The second kappa shape index (κ2) is 6.46. The lowest BCUT2D eigenvalue weighted by Gasteiger charge is -2.42. The van der Waals surface area contributed by atoms with Crippen molar-refractivity contribution in [1.29, 1.82) is 0 Å². The third-order valence-electron chi connectivity index (χ3n) is 3.35. The second-order valence-corrected chi connectivity index (χ2v) is 6.79. The number of ether oxygens (including phenoxy) is 1. The first-order valence-electron chi connectivity index (χ1n) is 6.43. The molecule has 1 aromatic rings. The Morgan fingerprint density at radius 3 is 2.57 bits per heavy atom. The molecule has 1 N–H and O–H groups in total. The number of carbonyl (C=O) groups excluding carboxylic acids is 1. The van der Waals surface area contributed by atoms with Gasteiger partial charge in [-0.3, -0.25) is 4.79 Å². The van der Waals surface area contributed by atoms with Crippen molar-refractivity contribution >= 4 is 43.7 Å². The highest BCUT2D eigenvalue weighted by atomic mass is 79.9. The minimum Gasteiger partial charge on any atom is -0.479 e. The van der Waals surface area contributed by atoms with Gasteiger partial charge in [0, 0.05) is 15.0 Å². The summed E-state index contributed by atoms with van der Waals surface area (Å²) in [6.07, 6.45) is -1.07. The summed E-state index contributed by atoms with van der Waals surface area (Å²) in [4.78, 5) is 25.2. The Labute approximate surface area is 139 Å². The number of halogens is 2. The zero-order chi connectivity index (χ0) is 15.7. The first-order valence-corrected chi connectivity index (χ1v) is 8.02. The third-order valence-corrected chi connectivity index (χ3v) is 5.23. The number of carboxylic acids is 1. The van der Waals surface area contributed by atoms with Gasteiger partial charge in [-0.2, -0.15) is 0 Å². The summed E-state index contributed by atoms with van der Waals surface area (Å²) in [7, 11) is 0. The van der Waals surface area contributed by atoms with Gasteiger partial charge in [0.15, 0.2) is 6.10 Å². The molecule has 1 aliphatic heterocycles. The molecule has 0 spiro atoms. The van der Waals surface area contributed by atoms with Gasteiger partial charge in [0.1, 0.15) is 6.61 Å². The van der Waals surface area contributed by atoms with Gasteiger partial charge < -0.3 is 14.7 Å². The van der Waals surface area contributed by atoms with Crippen LogP contribution in [0.5, 0.6) is 0 Å². The Kier molecular flexibility index (Phi) is 5.06. The van der Waals surface area contributed by atoms with E-state index in [2.05, 4.69) is 31.9 Å². The van der Waals surface area contributed by atoms with Gasteiger partial charge in [0.05, 0.1) is 6.04 Å². The smallest absolute Gasteiger partial charge is 0.335 e. The Hall–Kier alpha value is -0.920. The fourth-order valence-corrected chi connectivity index (χ4v) is 3.12. The van der Waals surface area contributed by atoms with Crippen LogP contribution in [-0.4, -0.2) is 40.6 Å². The molecule has 1 aromatic carbocycles. The van der Waals surface area contributed by atoms with Gasteiger partial charge in [-0.15, -0.1) is 0 Å². The highest BCUT2D eigenvalue weighted by molar-refractivity contribution is 9.13. The third kappa shape index (κ3) is 3.30. The Morgan fingerprint density at radius 1 is 1.38 bits per heavy atom. The number of carbonyl (C=O) groups is 2. The van der Waals surface area contributed by atoms with E-state index in [9.17, 15) is 14.7 Å². The summed E-state index contributed by atoms with van der Waals surface area (Å²) < 4.78 is 6.91. The van der Waals surface area contributed by atoms with Crippen molar-refractivity contribution in [2.75, 3.05) is 6.61 Å². The van der Waals surface area contributed by atoms with E-state index in [1.165, 1.54) is 0 Å². The number of nitrogens with zero attached hydrogens (tertiary/aromatic N) is 1. The van der Waals surface area contributed by atoms with E-state index in [0.717, 1.165) is 14.5 Å². The minimum absolute atomic E-state index is 0.115. The first-order chi connectivity index (χ1) is 9.82. The number of morpholine rings is 1. The number of rotatable bonds is 3.